The van der Waals surface area contributed by atoms with Crippen LogP contribution in [0.15, 0.2) is 60.7 Å². The molecule has 0 atom stereocenters. The van der Waals surface area contributed by atoms with Gasteiger partial charge < -0.3 is 5.32 Å². The summed E-state index contributed by atoms with van der Waals surface area (Å²) in [4.78, 5) is 11.0. The topological polar surface area (TPSA) is 29.1 Å². The molecule has 0 aliphatic carbocycles. The predicted octanol–water partition coefficient (Wildman–Crippen LogP) is 2.92. The number of rotatable bonds is 3. The molecule has 2 nitrogen and oxygen atoms in total. The maximum Gasteiger partial charge on any atom is 0.250 e. The minimum absolute atomic E-state index is 0.235. The monoisotopic (exact) mass is 259 g/mol. The second-order valence-electron chi connectivity index (χ2n) is 3.97. The second kappa shape index (κ2) is 5.23. The maximum atomic E-state index is 12.2. The number of carbonyl (C=O) groups excluding carboxylic acids is 1. The molecular weight excluding hydrogens is 246 g/mol. The molecule has 0 saturated heterocycles. The van der Waals surface area contributed by atoms with Crippen molar-refractivity contribution < 1.29 is 4.79 Å². The van der Waals surface area contributed by atoms with E-state index in [1.54, 1.807) is 7.05 Å². The van der Waals surface area contributed by atoms with Crippen LogP contribution in [0.25, 0.3) is 0 Å². The molecule has 0 aliphatic heterocycles. The number of halogens is 1. The van der Waals surface area contributed by atoms with Crippen molar-refractivity contribution in [2.45, 2.75) is 4.87 Å². The standard InChI is InChI=1S/C15H14ClNO/c1-17-14(18)15(16,12-8-4-2-5-9-12)13-10-6-3-7-11-13/h2-11H,1H3,(H,17,18). The number of likely N-dealkylation sites (N-methyl/N-ethyl adjacent to an activating group) is 1. The van der Waals surface area contributed by atoms with Crippen molar-refractivity contribution in [2.75, 3.05) is 7.05 Å². The van der Waals surface area contributed by atoms with E-state index in [1.165, 1.54) is 0 Å². The minimum Gasteiger partial charge on any atom is -0.357 e. The Kier molecular flexibility index (Phi) is 3.68. The lowest BCUT2D eigenvalue weighted by molar-refractivity contribution is -0.122. The van der Waals surface area contributed by atoms with Gasteiger partial charge in [-0.3, -0.25) is 4.79 Å². The van der Waals surface area contributed by atoms with E-state index in [9.17, 15) is 4.79 Å². The molecule has 0 fully saturated rings. The van der Waals surface area contributed by atoms with E-state index in [4.69, 9.17) is 11.6 Å². The van der Waals surface area contributed by atoms with Crippen LogP contribution in [0.3, 0.4) is 0 Å². The fraction of sp³-hybridized carbons (Fsp3) is 0.133. The quantitative estimate of drug-likeness (QED) is 0.844. The Morgan fingerprint density at radius 1 is 0.944 bits per heavy atom. The van der Waals surface area contributed by atoms with E-state index in [-0.39, 0.29) is 5.91 Å². The molecule has 0 spiro atoms. The highest BCUT2D eigenvalue weighted by Gasteiger charge is 2.39. The van der Waals surface area contributed by atoms with E-state index in [1.807, 2.05) is 60.7 Å². The van der Waals surface area contributed by atoms with E-state index < -0.39 is 4.87 Å². The van der Waals surface area contributed by atoms with Crippen LogP contribution < -0.4 is 5.32 Å². The fourth-order valence-electron chi connectivity index (χ4n) is 1.94. The first-order valence-electron chi connectivity index (χ1n) is 5.71. The van der Waals surface area contributed by atoms with E-state index in [0.717, 1.165) is 11.1 Å². The zero-order valence-corrected chi connectivity index (χ0v) is 10.8. The van der Waals surface area contributed by atoms with Crippen molar-refractivity contribution in [3.63, 3.8) is 0 Å². The molecule has 0 aromatic heterocycles. The molecule has 18 heavy (non-hydrogen) atoms. The first kappa shape index (κ1) is 12.7. The average molecular weight is 260 g/mol. The maximum absolute atomic E-state index is 12.2. The number of amides is 1. The Morgan fingerprint density at radius 3 is 1.67 bits per heavy atom. The van der Waals surface area contributed by atoms with Gasteiger partial charge in [-0.25, -0.2) is 0 Å². The Hall–Kier alpha value is -1.80. The molecule has 0 aliphatic rings. The van der Waals surface area contributed by atoms with Crippen molar-refractivity contribution in [3.05, 3.63) is 71.8 Å². The van der Waals surface area contributed by atoms with Gasteiger partial charge in [0.25, 0.3) is 0 Å². The van der Waals surface area contributed by atoms with Crippen LogP contribution in [-0.4, -0.2) is 13.0 Å². The van der Waals surface area contributed by atoms with Crippen LogP contribution in [0.2, 0.25) is 0 Å². The Labute approximate surface area is 112 Å². The van der Waals surface area contributed by atoms with E-state index >= 15 is 0 Å². The highest BCUT2D eigenvalue weighted by atomic mass is 35.5. The molecular formula is C15H14ClNO. The third-order valence-corrected chi connectivity index (χ3v) is 3.49. The van der Waals surface area contributed by atoms with Crippen LogP contribution in [-0.2, 0) is 9.67 Å². The first-order valence-corrected chi connectivity index (χ1v) is 6.09. The summed E-state index contributed by atoms with van der Waals surface area (Å²) < 4.78 is 0. The van der Waals surface area contributed by atoms with Crippen molar-refractivity contribution >= 4 is 17.5 Å². The van der Waals surface area contributed by atoms with Gasteiger partial charge in [0.05, 0.1) is 0 Å². The summed E-state index contributed by atoms with van der Waals surface area (Å²) >= 11 is 6.63. The van der Waals surface area contributed by atoms with Crippen LogP contribution >= 0.6 is 11.6 Å². The van der Waals surface area contributed by atoms with Gasteiger partial charge in [-0.2, -0.15) is 0 Å². The normalized spacial score (nSPS) is 11.0. The molecule has 0 unspecified atom stereocenters. The highest BCUT2D eigenvalue weighted by Crippen LogP contribution is 2.36. The third kappa shape index (κ3) is 2.12. The lowest BCUT2D eigenvalue weighted by atomic mass is 9.89. The van der Waals surface area contributed by atoms with Crippen LogP contribution in [0.1, 0.15) is 11.1 Å². The number of hydrogen-bond donors (Lipinski definition) is 1. The number of carbonyl (C=O) groups is 1. The largest absolute Gasteiger partial charge is 0.357 e. The van der Waals surface area contributed by atoms with Crippen LogP contribution in [0, 0.1) is 0 Å². The van der Waals surface area contributed by atoms with Gasteiger partial charge in [-0.1, -0.05) is 72.3 Å². The first-order chi connectivity index (χ1) is 8.69. The lowest BCUT2D eigenvalue weighted by Crippen LogP contribution is -2.39. The predicted molar refractivity (Wildman–Crippen MR) is 73.6 cm³/mol. The number of hydrogen-bond acceptors (Lipinski definition) is 1. The Balaban J connectivity index is 2.59. The summed E-state index contributed by atoms with van der Waals surface area (Å²) in [7, 11) is 1.59. The van der Waals surface area contributed by atoms with Gasteiger partial charge in [0.15, 0.2) is 4.87 Å². The molecule has 2 rings (SSSR count). The molecule has 1 N–H and O–H groups in total. The van der Waals surface area contributed by atoms with Crippen molar-refractivity contribution in [1.82, 2.24) is 5.32 Å². The van der Waals surface area contributed by atoms with Crippen LogP contribution in [0.4, 0.5) is 0 Å². The lowest BCUT2D eigenvalue weighted by Gasteiger charge is -2.26. The van der Waals surface area contributed by atoms with E-state index in [2.05, 4.69) is 5.32 Å². The molecule has 0 bridgehead atoms. The molecule has 0 radical (unpaired) electrons. The average Bonchev–Trinajstić information content (AvgIpc) is 2.47. The second-order valence-corrected chi connectivity index (χ2v) is 4.54. The van der Waals surface area contributed by atoms with Gasteiger partial charge in [-0.15, -0.1) is 0 Å². The van der Waals surface area contributed by atoms with Crippen LogP contribution in [0.5, 0.6) is 0 Å². The summed E-state index contributed by atoms with van der Waals surface area (Å²) in [5, 5.41) is 2.63. The minimum atomic E-state index is -1.18. The highest BCUT2D eigenvalue weighted by molar-refractivity contribution is 6.37. The summed E-state index contributed by atoms with van der Waals surface area (Å²) in [6, 6.07) is 18.7. The molecule has 92 valence electrons. The van der Waals surface area contributed by atoms with Crippen molar-refractivity contribution in [3.8, 4) is 0 Å². The summed E-state index contributed by atoms with van der Waals surface area (Å²) in [5.41, 5.74) is 1.52. The number of benzene rings is 2. The van der Waals surface area contributed by atoms with Gasteiger partial charge in [0.1, 0.15) is 0 Å². The smallest absolute Gasteiger partial charge is 0.250 e. The zero-order chi connectivity index (χ0) is 13.0. The number of alkyl halides is 1. The summed E-state index contributed by atoms with van der Waals surface area (Å²) in [5.74, 6) is -0.235. The molecule has 2 aromatic rings. The van der Waals surface area contributed by atoms with Gasteiger partial charge in [0.2, 0.25) is 5.91 Å². The summed E-state index contributed by atoms with van der Waals surface area (Å²) in [6.45, 7) is 0. The number of nitrogens with one attached hydrogen (secondary N) is 1. The molecule has 0 saturated carbocycles. The van der Waals surface area contributed by atoms with Gasteiger partial charge >= 0.3 is 0 Å². The molecule has 1 amide bonds. The third-order valence-electron chi connectivity index (χ3n) is 2.88. The molecule has 0 heterocycles. The van der Waals surface area contributed by atoms with Crippen molar-refractivity contribution in [2.24, 2.45) is 0 Å². The Bertz CT molecular complexity index is 485. The van der Waals surface area contributed by atoms with Gasteiger partial charge in [0, 0.05) is 7.05 Å². The fourth-order valence-corrected chi connectivity index (χ4v) is 2.28. The van der Waals surface area contributed by atoms with E-state index in [0.29, 0.717) is 0 Å². The summed E-state index contributed by atoms with van der Waals surface area (Å²) in [6.07, 6.45) is 0. The zero-order valence-electron chi connectivity index (χ0n) is 10.1. The van der Waals surface area contributed by atoms with Gasteiger partial charge in [-0.05, 0) is 11.1 Å². The molecule has 2 aromatic carbocycles. The molecule has 3 heteroatoms. The Morgan fingerprint density at radius 2 is 1.33 bits per heavy atom. The SMILES string of the molecule is CNC(=O)C(Cl)(c1ccccc1)c1ccccc1. The van der Waals surface area contributed by atoms with Crippen molar-refractivity contribution in [1.29, 1.82) is 0 Å².